The molecule has 0 aliphatic rings. The van der Waals surface area contributed by atoms with Gasteiger partial charge >= 0.3 is 0 Å². The van der Waals surface area contributed by atoms with Crippen molar-refractivity contribution in [2.45, 2.75) is 46.2 Å². The second-order valence-electron chi connectivity index (χ2n) is 8.31. The van der Waals surface area contributed by atoms with Crippen LogP contribution in [0.25, 0.3) is 22.6 Å². The summed E-state index contributed by atoms with van der Waals surface area (Å²) in [6.45, 7) is 10.0. The number of carbonyl (C=O) groups is 1. The van der Waals surface area contributed by atoms with Gasteiger partial charge in [-0.2, -0.15) is 5.10 Å². The number of benzene rings is 1. The average molecular weight is 393 g/mol. The van der Waals surface area contributed by atoms with Crippen molar-refractivity contribution in [2.24, 2.45) is 0 Å². The Hall–Kier alpha value is -3.15. The minimum atomic E-state index is -0.333. The van der Waals surface area contributed by atoms with Crippen LogP contribution in [0.3, 0.4) is 0 Å². The number of amides is 1. The van der Waals surface area contributed by atoms with Gasteiger partial charge in [-0.05, 0) is 77.1 Å². The van der Waals surface area contributed by atoms with E-state index in [1.807, 2.05) is 67.9 Å². The molecular formula is C23H28N4O2. The summed E-state index contributed by atoms with van der Waals surface area (Å²) in [5, 5.41) is 7.44. The quantitative estimate of drug-likeness (QED) is 0.681. The summed E-state index contributed by atoms with van der Waals surface area (Å²) in [6.07, 6.45) is 1.76. The molecular weight excluding hydrogens is 364 g/mol. The monoisotopic (exact) mass is 392 g/mol. The van der Waals surface area contributed by atoms with Gasteiger partial charge in [-0.3, -0.25) is 9.48 Å². The number of hydrogen-bond acceptors (Lipinski definition) is 4. The summed E-state index contributed by atoms with van der Waals surface area (Å²) in [5.41, 5.74) is 3.45. The zero-order valence-electron chi connectivity index (χ0n) is 17.9. The molecule has 0 radical (unpaired) electrons. The lowest BCUT2D eigenvalue weighted by Gasteiger charge is -2.21. The number of carbonyl (C=O) groups excluding carboxylic acids is 1. The Morgan fingerprint density at radius 3 is 2.31 bits per heavy atom. The second kappa shape index (κ2) is 8.07. The zero-order valence-corrected chi connectivity index (χ0v) is 17.9. The molecule has 0 unspecified atom stereocenters. The fraction of sp³-hybridized carbons (Fsp3) is 0.348. The van der Waals surface area contributed by atoms with Gasteiger partial charge in [0.15, 0.2) is 0 Å². The molecule has 1 aromatic carbocycles. The Bertz CT molecular complexity index is 998. The van der Waals surface area contributed by atoms with E-state index < -0.39 is 0 Å². The van der Waals surface area contributed by atoms with Crippen LogP contribution in [-0.2, 0) is 0 Å². The first kappa shape index (κ1) is 20.6. The first-order valence-corrected chi connectivity index (χ1v) is 9.71. The third-order valence-corrected chi connectivity index (χ3v) is 4.38. The fourth-order valence-electron chi connectivity index (χ4n) is 3.04. The van der Waals surface area contributed by atoms with Crippen LogP contribution in [0.1, 0.15) is 51.0 Å². The minimum Gasteiger partial charge on any atom is -0.497 e. The maximum absolute atomic E-state index is 12.9. The number of nitrogens with zero attached hydrogens (tertiary/aromatic N) is 3. The van der Waals surface area contributed by atoms with E-state index in [0.717, 1.165) is 22.7 Å². The molecule has 0 atom stereocenters. The van der Waals surface area contributed by atoms with Gasteiger partial charge in [0.1, 0.15) is 5.75 Å². The maximum Gasteiger partial charge on any atom is 0.251 e. The number of nitrogens with one attached hydrogen (secondary N) is 1. The summed E-state index contributed by atoms with van der Waals surface area (Å²) in [7, 11) is 1.63. The van der Waals surface area contributed by atoms with Crippen LogP contribution in [0.2, 0.25) is 0 Å². The molecule has 1 N–H and O–H groups in total. The first-order valence-electron chi connectivity index (χ1n) is 9.71. The highest BCUT2D eigenvalue weighted by atomic mass is 16.5. The molecule has 0 spiro atoms. The minimum absolute atomic E-state index is 0.133. The predicted octanol–water partition coefficient (Wildman–Crippen LogP) is 4.73. The Kier molecular flexibility index (Phi) is 5.73. The van der Waals surface area contributed by atoms with Gasteiger partial charge in [-0.15, -0.1) is 0 Å². The fourth-order valence-corrected chi connectivity index (χ4v) is 3.04. The lowest BCUT2D eigenvalue weighted by Crippen LogP contribution is -2.40. The third kappa shape index (κ3) is 4.83. The molecule has 3 rings (SSSR count). The maximum atomic E-state index is 12.9. The molecule has 0 saturated heterocycles. The lowest BCUT2D eigenvalue weighted by molar-refractivity contribution is 0.0919. The molecule has 0 fully saturated rings. The number of aromatic nitrogens is 3. The summed E-state index contributed by atoms with van der Waals surface area (Å²) in [6, 6.07) is 13.4. The van der Waals surface area contributed by atoms with E-state index in [9.17, 15) is 4.79 Å². The Morgan fingerprint density at radius 1 is 1.07 bits per heavy atom. The van der Waals surface area contributed by atoms with Crippen LogP contribution in [-0.4, -0.2) is 33.3 Å². The van der Waals surface area contributed by atoms with Crippen LogP contribution in [0.4, 0.5) is 0 Å². The van der Waals surface area contributed by atoms with E-state index in [1.165, 1.54) is 0 Å². The third-order valence-electron chi connectivity index (χ3n) is 4.38. The van der Waals surface area contributed by atoms with Gasteiger partial charge in [0.25, 0.3) is 5.91 Å². The van der Waals surface area contributed by atoms with Crippen molar-refractivity contribution in [3.05, 3.63) is 54.2 Å². The highest BCUT2D eigenvalue weighted by molar-refractivity contribution is 5.96. The summed E-state index contributed by atoms with van der Waals surface area (Å²) < 4.78 is 7.16. The molecule has 2 heterocycles. The van der Waals surface area contributed by atoms with E-state index in [0.29, 0.717) is 11.3 Å². The van der Waals surface area contributed by atoms with Crippen LogP contribution >= 0.6 is 0 Å². The van der Waals surface area contributed by atoms with E-state index in [2.05, 4.69) is 24.3 Å². The van der Waals surface area contributed by atoms with Crippen LogP contribution in [0, 0.1) is 0 Å². The molecule has 0 aliphatic carbocycles. The highest BCUT2D eigenvalue weighted by Gasteiger charge is 2.19. The van der Waals surface area contributed by atoms with Crippen molar-refractivity contribution in [1.82, 2.24) is 20.1 Å². The zero-order chi connectivity index (χ0) is 21.2. The molecule has 6 nitrogen and oxygen atoms in total. The topological polar surface area (TPSA) is 69.0 Å². The summed E-state index contributed by atoms with van der Waals surface area (Å²) in [4.78, 5) is 17.7. The second-order valence-corrected chi connectivity index (χ2v) is 8.31. The van der Waals surface area contributed by atoms with Crippen LogP contribution in [0.5, 0.6) is 5.75 Å². The van der Waals surface area contributed by atoms with E-state index >= 15 is 0 Å². The SMILES string of the molecule is COc1ccc(-c2cc(C(=O)NC(C)(C)C)cc(-c3ccnn3C(C)C)n2)cc1. The lowest BCUT2D eigenvalue weighted by atomic mass is 10.0. The van der Waals surface area contributed by atoms with Gasteiger partial charge in [-0.1, -0.05) is 0 Å². The Morgan fingerprint density at radius 2 is 1.72 bits per heavy atom. The van der Waals surface area contributed by atoms with Crippen LogP contribution in [0.15, 0.2) is 48.7 Å². The molecule has 1 amide bonds. The molecule has 152 valence electrons. The standard InChI is InChI=1S/C23H28N4O2/c1-15(2)27-21(11-12-24-27)20-14-17(22(28)26-23(3,4)5)13-19(25-20)16-7-9-18(29-6)10-8-16/h7-15H,1-6H3,(H,26,28). The Labute approximate surface area is 171 Å². The van der Waals surface area contributed by atoms with Crippen molar-refractivity contribution in [2.75, 3.05) is 7.11 Å². The normalized spacial score (nSPS) is 11.6. The number of hydrogen-bond donors (Lipinski definition) is 1. The van der Waals surface area contributed by atoms with E-state index in [-0.39, 0.29) is 17.5 Å². The summed E-state index contributed by atoms with van der Waals surface area (Å²) in [5.74, 6) is 0.639. The number of rotatable bonds is 5. The summed E-state index contributed by atoms with van der Waals surface area (Å²) >= 11 is 0. The van der Waals surface area contributed by atoms with E-state index in [4.69, 9.17) is 9.72 Å². The largest absolute Gasteiger partial charge is 0.497 e. The molecule has 0 saturated carbocycles. The van der Waals surface area contributed by atoms with Gasteiger partial charge in [0, 0.05) is 28.9 Å². The number of methoxy groups -OCH3 is 1. The van der Waals surface area contributed by atoms with Gasteiger partial charge in [0.05, 0.1) is 24.2 Å². The number of pyridine rings is 1. The molecule has 0 aliphatic heterocycles. The van der Waals surface area contributed by atoms with Crippen molar-refractivity contribution in [3.8, 4) is 28.4 Å². The Balaban J connectivity index is 2.13. The van der Waals surface area contributed by atoms with Gasteiger partial charge < -0.3 is 10.1 Å². The van der Waals surface area contributed by atoms with Crippen LogP contribution < -0.4 is 10.1 Å². The van der Waals surface area contributed by atoms with Gasteiger partial charge in [0.2, 0.25) is 0 Å². The average Bonchev–Trinajstić information content (AvgIpc) is 3.16. The predicted molar refractivity (Wildman–Crippen MR) is 115 cm³/mol. The van der Waals surface area contributed by atoms with Crippen molar-refractivity contribution >= 4 is 5.91 Å². The molecule has 0 bridgehead atoms. The highest BCUT2D eigenvalue weighted by Crippen LogP contribution is 2.27. The van der Waals surface area contributed by atoms with Crippen molar-refractivity contribution in [3.63, 3.8) is 0 Å². The molecule has 6 heteroatoms. The van der Waals surface area contributed by atoms with Gasteiger partial charge in [-0.25, -0.2) is 4.98 Å². The molecule has 2 aromatic heterocycles. The number of ether oxygens (including phenoxy) is 1. The first-order chi connectivity index (χ1) is 13.7. The van der Waals surface area contributed by atoms with E-state index in [1.54, 1.807) is 13.3 Å². The van der Waals surface area contributed by atoms with Crippen molar-refractivity contribution in [1.29, 1.82) is 0 Å². The smallest absolute Gasteiger partial charge is 0.251 e. The molecule has 3 aromatic rings. The van der Waals surface area contributed by atoms with Crippen molar-refractivity contribution < 1.29 is 9.53 Å². The molecule has 29 heavy (non-hydrogen) atoms.